The summed E-state index contributed by atoms with van der Waals surface area (Å²) >= 11 is 0. The Morgan fingerprint density at radius 1 is 0.929 bits per heavy atom. The van der Waals surface area contributed by atoms with Gasteiger partial charge in [0.15, 0.2) is 0 Å². The van der Waals surface area contributed by atoms with Gasteiger partial charge in [0, 0.05) is 16.6 Å². The molecule has 0 saturated heterocycles. The Bertz CT molecular complexity index is 933. The molecule has 0 spiro atoms. The number of para-hydroxylation sites is 1. The lowest BCUT2D eigenvalue weighted by molar-refractivity contribution is 0.349. The molecular weight excluding hydrogens is 338 g/mol. The lowest BCUT2D eigenvalue weighted by atomic mass is 9.82. The van der Waals surface area contributed by atoms with Gasteiger partial charge in [-0.3, -0.25) is 0 Å². The van der Waals surface area contributed by atoms with Crippen molar-refractivity contribution in [3.63, 3.8) is 0 Å². The number of rotatable bonds is 5. The zero-order valence-corrected chi connectivity index (χ0v) is 18.4. The second kappa shape index (κ2) is 9.10. The number of benzene rings is 2. The third-order valence-electron chi connectivity index (χ3n) is 4.99. The molecule has 0 N–H and O–H groups in total. The quantitative estimate of drug-likeness (QED) is 0.422. The van der Waals surface area contributed by atoms with Gasteiger partial charge in [0.2, 0.25) is 0 Å². The Kier molecular flexibility index (Phi) is 7.07. The van der Waals surface area contributed by atoms with E-state index in [1.165, 1.54) is 22.9 Å². The highest BCUT2D eigenvalue weighted by atomic mass is 15.0. The maximum atomic E-state index is 4.04. The third-order valence-corrected chi connectivity index (χ3v) is 4.99. The molecule has 3 rings (SSSR count). The van der Waals surface area contributed by atoms with Crippen molar-refractivity contribution in [2.24, 2.45) is 5.41 Å². The number of hydrogen-bond donors (Lipinski definition) is 0. The van der Waals surface area contributed by atoms with E-state index in [9.17, 15) is 0 Å². The van der Waals surface area contributed by atoms with Crippen molar-refractivity contribution in [1.82, 2.24) is 4.57 Å². The summed E-state index contributed by atoms with van der Waals surface area (Å²) in [7, 11) is 0. The number of nitrogens with zero attached hydrogens (tertiary/aromatic N) is 1. The van der Waals surface area contributed by atoms with Crippen LogP contribution in [0.15, 0.2) is 61.7 Å². The van der Waals surface area contributed by atoms with Crippen LogP contribution >= 0.6 is 0 Å². The maximum Gasteiger partial charge on any atom is 0.0541 e. The van der Waals surface area contributed by atoms with E-state index in [0.29, 0.717) is 11.3 Å². The average Bonchev–Trinajstić information content (AvgIpc) is 3.01. The van der Waals surface area contributed by atoms with Crippen molar-refractivity contribution in [3.05, 3.63) is 78.5 Å². The minimum Gasteiger partial charge on any atom is -0.309 e. The van der Waals surface area contributed by atoms with Crippen LogP contribution < -0.4 is 0 Å². The first kappa shape index (κ1) is 21.8. The number of aromatic nitrogens is 1. The second-order valence-electron chi connectivity index (χ2n) is 8.32. The number of fused-ring (bicyclic) bond motifs is 1. The molecule has 1 unspecified atom stereocenters. The monoisotopic (exact) mass is 373 g/mol. The van der Waals surface area contributed by atoms with E-state index in [0.717, 1.165) is 16.9 Å². The summed E-state index contributed by atoms with van der Waals surface area (Å²) in [5.74, 6) is 0.549. The van der Waals surface area contributed by atoms with Gasteiger partial charge in [-0.25, -0.2) is 0 Å². The van der Waals surface area contributed by atoms with E-state index >= 15 is 0 Å². The van der Waals surface area contributed by atoms with Crippen LogP contribution in [-0.2, 0) is 0 Å². The van der Waals surface area contributed by atoms with Crippen molar-refractivity contribution < 1.29 is 0 Å². The van der Waals surface area contributed by atoms with E-state index < -0.39 is 0 Å². The van der Waals surface area contributed by atoms with Crippen LogP contribution in [-0.4, -0.2) is 4.57 Å². The van der Waals surface area contributed by atoms with Crippen LogP contribution in [0.4, 0.5) is 0 Å². The largest absolute Gasteiger partial charge is 0.309 e. The van der Waals surface area contributed by atoms with Crippen molar-refractivity contribution >= 4 is 23.1 Å². The van der Waals surface area contributed by atoms with Gasteiger partial charge in [-0.15, -0.1) is 0 Å². The first-order valence-electron chi connectivity index (χ1n) is 10.3. The van der Waals surface area contributed by atoms with Crippen LogP contribution in [0, 0.1) is 5.41 Å². The molecule has 0 aliphatic carbocycles. The van der Waals surface area contributed by atoms with Gasteiger partial charge in [0.05, 0.1) is 11.2 Å². The van der Waals surface area contributed by atoms with Gasteiger partial charge >= 0.3 is 0 Å². The third kappa shape index (κ3) is 4.47. The van der Waals surface area contributed by atoms with Crippen LogP contribution in [0.5, 0.6) is 0 Å². The molecule has 1 aromatic heterocycles. The van der Waals surface area contributed by atoms with E-state index in [2.05, 4.69) is 94.0 Å². The molecule has 1 heteroatoms. The molecule has 0 aliphatic rings. The SMILES string of the molecule is C=Cc1c(C=C)n(-c2ccc(C(C)CC(C)(C)C)cc2)c2ccccc12.CC. The molecule has 28 heavy (non-hydrogen) atoms. The lowest BCUT2D eigenvalue weighted by Crippen LogP contribution is -2.10. The van der Waals surface area contributed by atoms with E-state index in [-0.39, 0.29) is 0 Å². The maximum absolute atomic E-state index is 4.04. The van der Waals surface area contributed by atoms with Crippen LogP contribution in [0.3, 0.4) is 0 Å². The fraction of sp³-hybridized carbons (Fsp3) is 0.333. The zero-order valence-electron chi connectivity index (χ0n) is 18.4. The summed E-state index contributed by atoms with van der Waals surface area (Å²) in [6.45, 7) is 21.3. The van der Waals surface area contributed by atoms with E-state index in [1.54, 1.807) is 0 Å². The zero-order chi connectivity index (χ0) is 20.9. The Morgan fingerprint density at radius 3 is 2.07 bits per heavy atom. The molecule has 0 bridgehead atoms. The van der Waals surface area contributed by atoms with Crippen molar-refractivity contribution in [2.75, 3.05) is 0 Å². The van der Waals surface area contributed by atoms with Gasteiger partial charge in [-0.05, 0) is 47.6 Å². The summed E-state index contributed by atoms with van der Waals surface area (Å²) in [5.41, 5.74) is 6.31. The van der Waals surface area contributed by atoms with Gasteiger partial charge in [0.25, 0.3) is 0 Å². The number of hydrogen-bond acceptors (Lipinski definition) is 0. The minimum atomic E-state index is 0.337. The molecule has 2 aromatic carbocycles. The highest BCUT2D eigenvalue weighted by molar-refractivity contribution is 5.95. The minimum absolute atomic E-state index is 0.337. The highest BCUT2D eigenvalue weighted by Gasteiger charge is 2.18. The normalized spacial score (nSPS) is 12.2. The molecular formula is C27H35N. The van der Waals surface area contributed by atoms with Crippen molar-refractivity contribution in [2.45, 2.75) is 53.9 Å². The van der Waals surface area contributed by atoms with Crippen molar-refractivity contribution in [3.8, 4) is 5.69 Å². The molecule has 3 aromatic rings. The molecule has 1 nitrogen and oxygen atoms in total. The Balaban J connectivity index is 0.00000136. The first-order valence-corrected chi connectivity index (χ1v) is 10.3. The Morgan fingerprint density at radius 2 is 1.54 bits per heavy atom. The molecule has 148 valence electrons. The smallest absolute Gasteiger partial charge is 0.0541 e. The summed E-state index contributed by atoms with van der Waals surface area (Å²) in [4.78, 5) is 0. The molecule has 0 fully saturated rings. The highest BCUT2D eigenvalue weighted by Crippen LogP contribution is 2.33. The van der Waals surface area contributed by atoms with Crippen LogP contribution in [0.2, 0.25) is 0 Å². The molecule has 1 heterocycles. The predicted octanol–water partition coefficient (Wildman–Crippen LogP) is 8.48. The van der Waals surface area contributed by atoms with Gasteiger partial charge in [-0.1, -0.05) is 91.1 Å². The fourth-order valence-corrected chi connectivity index (χ4v) is 3.97. The standard InChI is InChI=1S/C25H29N.C2H6/c1-7-21-22-11-9-10-12-24(22)26(23(21)8-2)20-15-13-19(14-16-20)18(3)17-25(4,5)6;1-2/h7-16,18H,1-2,17H2,3-6H3;1-2H3. The fourth-order valence-electron chi connectivity index (χ4n) is 3.97. The summed E-state index contributed by atoms with van der Waals surface area (Å²) in [6.07, 6.45) is 5.03. The second-order valence-corrected chi connectivity index (χ2v) is 8.32. The average molecular weight is 374 g/mol. The predicted molar refractivity (Wildman–Crippen MR) is 127 cm³/mol. The topological polar surface area (TPSA) is 4.93 Å². The van der Waals surface area contributed by atoms with Gasteiger partial charge < -0.3 is 4.57 Å². The van der Waals surface area contributed by atoms with E-state index in [4.69, 9.17) is 0 Å². The Hall–Kier alpha value is -2.54. The molecule has 1 atom stereocenters. The van der Waals surface area contributed by atoms with Gasteiger partial charge in [-0.2, -0.15) is 0 Å². The molecule has 0 saturated carbocycles. The lowest BCUT2D eigenvalue weighted by Gasteiger charge is -2.23. The van der Waals surface area contributed by atoms with E-state index in [1.807, 2.05) is 26.0 Å². The summed E-state index contributed by atoms with van der Waals surface area (Å²) < 4.78 is 2.28. The Labute approximate surface area is 171 Å². The summed E-state index contributed by atoms with van der Waals surface area (Å²) in [5, 5.41) is 1.21. The molecule has 0 aliphatic heterocycles. The van der Waals surface area contributed by atoms with Crippen LogP contribution in [0.25, 0.3) is 28.7 Å². The molecule has 0 radical (unpaired) electrons. The van der Waals surface area contributed by atoms with Crippen molar-refractivity contribution in [1.29, 1.82) is 0 Å². The van der Waals surface area contributed by atoms with Crippen LogP contribution in [0.1, 0.15) is 70.7 Å². The van der Waals surface area contributed by atoms with Gasteiger partial charge in [0.1, 0.15) is 0 Å². The molecule has 0 amide bonds. The first-order chi connectivity index (χ1) is 13.4. The summed E-state index contributed by atoms with van der Waals surface area (Å²) in [6, 6.07) is 17.4.